The van der Waals surface area contributed by atoms with Gasteiger partial charge in [-0.25, -0.2) is 4.79 Å². The van der Waals surface area contributed by atoms with Crippen molar-refractivity contribution in [2.45, 2.75) is 19.5 Å². The number of nitrogens with one attached hydrogen (secondary N) is 3. The van der Waals surface area contributed by atoms with Crippen LogP contribution in [0.4, 0.5) is 10.5 Å². The van der Waals surface area contributed by atoms with Gasteiger partial charge in [-0.2, -0.15) is 0 Å². The first-order valence-corrected chi connectivity index (χ1v) is 7.46. The highest BCUT2D eigenvalue weighted by molar-refractivity contribution is 7.09. The number of para-hydroxylation sites is 1. The number of benzene rings is 1. The predicted octanol–water partition coefficient (Wildman–Crippen LogP) is 2.57. The molecule has 0 aliphatic rings. The van der Waals surface area contributed by atoms with Gasteiger partial charge >= 0.3 is 6.03 Å². The summed E-state index contributed by atoms with van der Waals surface area (Å²) >= 11 is 1.58. The average molecular weight is 303 g/mol. The maximum absolute atomic E-state index is 11.9. The third-order valence-electron chi connectivity index (χ3n) is 2.79. The molecule has 3 amide bonds. The summed E-state index contributed by atoms with van der Waals surface area (Å²) in [5.41, 5.74) is 0.682. The zero-order valence-electron chi connectivity index (χ0n) is 11.6. The molecule has 0 saturated carbocycles. The summed E-state index contributed by atoms with van der Waals surface area (Å²) in [7, 11) is 0. The number of hydrogen-bond donors (Lipinski definition) is 3. The number of anilines is 1. The Hall–Kier alpha value is -2.34. The quantitative estimate of drug-likeness (QED) is 0.794. The lowest BCUT2D eigenvalue weighted by molar-refractivity contribution is -0.122. The van der Waals surface area contributed by atoms with E-state index in [2.05, 4.69) is 16.0 Å². The van der Waals surface area contributed by atoms with Crippen molar-refractivity contribution in [1.82, 2.24) is 10.6 Å². The molecule has 1 heterocycles. The smallest absolute Gasteiger partial charge is 0.319 e. The summed E-state index contributed by atoms with van der Waals surface area (Å²) in [6.07, 6.45) is 0. The van der Waals surface area contributed by atoms with Gasteiger partial charge in [0.2, 0.25) is 5.91 Å². The lowest BCUT2D eigenvalue weighted by Crippen LogP contribution is -2.46. The number of amides is 3. The maximum Gasteiger partial charge on any atom is 0.319 e. The highest BCUT2D eigenvalue weighted by atomic mass is 32.1. The van der Waals surface area contributed by atoms with E-state index in [4.69, 9.17) is 0 Å². The molecule has 2 aromatic rings. The Labute approximate surface area is 127 Å². The van der Waals surface area contributed by atoms with Crippen molar-refractivity contribution in [2.75, 3.05) is 5.32 Å². The molecule has 1 atom stereocenters. The van der Waals surface area contributed by atoms with E-state index < -0.39 is 12.1 Å². The van der Waals surface area contributed by atoms with Crippen LogP contribution >= 0.6 is 11.3 Å². The summed E-state index contributed by atoms with van der Waals surface area (Å²) in [6, 6.07) is 12.0. The van der Waals surface area contributed by atoms with Crippen LogP contribution in [0.3, 0.4) is 0 Å². The van der Waals surface area contributed by atoms with Crippen LogP contribution in [0.1, 0.15) is 11.8 Å². The van der Waals surface area contributed by atoms with Gasteiger partial charge in [0.05, 0.1) is 6.54 Å². The van der Waals surface area contributed by atoms with Crippen LogP contribution in [-0.2, 0) is 11.3 Å². The van der Waals surface area contributed by atoms with E-state index in [9.17, 15) is 9.59 Å². The Bertz CT molecular complexity index is 584. The van der Waals surface area contributed by atoms with Crippen LogP contribution < -0.4 is 16.0 Å². The summed E-state index contributed by atoms with van der Waals surface area (Å²) in [5, 5.41) is 10.0. The molecule has 0 fully saturated rings. The zero-order chi connectivity index (χ0) is 15.1. The Balaban J connectivity index is 1.76. The van der Waals surface area contributed by atoms with E-state index in [1.54, 1.807) is 30.4 Å². The summed E-state index contributed by atoms with van der Waals surface area (Å²) < 4.78 is 0. The molecule has 1 aromatic heterocycles. The van der Waals surface area contributed by atoms with Gasteiger partial charge in [-0.05, 0) is 30.5 Å². The Morgan fingerprint density at radius 1 is 1.14 bits per heavy atom. The van der Waals surface area contributed by atoms with Gasteiger partial charge in [0.25, 0.3) is 0 Å². The van der Waals surface area contributed by atoms with E-state index in [0.717, 1.165) is 4.88 Å². The molecule has 110 valence electrons. The third kappa shape index (κ3) is 4.92. The minimum Gasteiger partial charge on any atom is -0.349 e. The van der Waals surface area contributed by atoms with Crippen LogP contribution in [0.5, 0.6) is 0 Å². The van der Waals surface area contributed by atoms with E-state index in [1.165, 1.54) is 0 Å². The van der Waals surface area contributed by atoms with Crippen molar-refractivity contribution in [3.05, 3.63) is 52.7 Å². The fraction of sp³-hybridized carbons (Fsp3) is 0.200. The van der Waals surface area contributed by atoms with Crippen LogP contribution in [-0.4, -0.2) is 18.0 Å². The van der Waals surface area contributed by atoms with E-state index in [-0.39, 0.29) is 5.91 Å². The lowest BCUT2D eigenvalue weighted by atomic mass is 10.3. The second-order valence-electron chi connectivity index (χ2n) is 4.48. The first-order valence-electron chi connectivity index (χ1n) is 6.58. The molecule has 0 bridgehead atoms. The molecule has 0 radical (unpaired) electrons. The fourth-order valence-electron chi connectivity index (χ4n) is 1.69. The van der Waals surface area contributed by atoms with Gasteiger partial charge in [-0.1, -0.05) is 24.3 Å². The number of thiophene rings is 1. The average Bonchev–Trinajstić information content (AvgIpc) is 2.98. The lowest BCUT2D eigenvalue weighted by Gasteiger charge is -2.14. The van der Waals surface area contributed by atoms with Crippen molar-refractivity contribution in [3.8, 4) is 0 Å². The normalized spacial score (nSPS) is 11.5. The van der Waals surface area contributed by atoms with E-state index >= 15 is 0 Å². The number of carbonyl (C=O) groups is 2. The molecular formula is C15H17N3O2S. The SMILES string of the molecule is C[C@H](NC(=O)Nc1ccccc1)C(=O)NCc1cccs1. The topological polar surface area (TPSA) is 70.2 Å². The molecule has 0 saturated heterocycles. The van der Waals surface area contributed by atoms with Crippen LogP contribution in [0.15, 0.2) is 47.8 Å². The van der Waals surface area contributed by atoms with Crippen molar-refractivity contribution < 1.29 is 9.59 Å². The summed E-state index contributed by atoms with van der Waals surface area (Å²) in [6.45, 7) is 2.12. The first-order chi connectivity index (χ1) is 10.1. The van der Waals surface area contributed by atoms with Crippen molar-refractivity contribution in [2.24, 2.45) is 0 Å². The number of rotatable bonds is 5. The zero-order valence-corrected chi connectivity index (χ0v) is 12.4. The van der Waals surface area contributed by atoms with Crippen LogP contribution in [0.25, 0.3) is 0 Å². The number of urea groups is 1. The van der Waals surface area contributed by atoms with E-state index in [0.29, 0.717) is 12.2 Å². The molecule has 0 unspecified atom stereocenters. The van der Waals surface area contributed by atoms with Gasteiger partial charge in [0.15, 0.2) is 0 Å². The Kier molecular flexibility index (Phi) is 5.34. The second-order valence-corrected chi connectivity index (χ2v) is 5.52. The third-order valence-corrected chi connectivity index (χ3v) is 3.67. The molecule has 6 heteroatoms. The molecular weight excluding hydrogens is 286 g/mol. The Morgan fingerprint density at radius 2 is 1.90 bits per heavy atom. The highest BCUT2D eigenvalue weighted by Crippen LogP contribution is 2.07. The van der Waals surface area contributed by atoms with Crippen molar-refractivity contribution in [1.29, 1.82) is 0 Å². The largest absolute Gasteiger partial charge is 0.349 e. The molecule has 2 rings (SSSR count). The van der Waals surface area contributed by atoms with Gasteiger partial charge < -0.3 is 16.0 Å². The highest BCUT2D eigenvalue weighted by Gasteiger charge is 2.15. The standard InChI is InChI=1S/C15H17N3O2S/c1-11(14(19)16-10-13-8-5-9-21-13)17-15(20)18-12-6-3-2-4-7-12/h2-9,11H,10H2,1H3,(H,16,19)(H2,17,18,20)/t11-/m0/s1. The second kappa shape index (κ2) is 7.44. The number of hydrogen-bond acceptors (Lipinski definition) is 3. The monoisotopic (exact) mass is 303 g/mol. The minimum atomic E-state index is -0.603. The van der Waals surface area contributed by atoms with Gasteiger partial charge in [-0.15, -0.1) is 11.3 Å². The predicted molar refractivity (Wildman–Crippen MR) is 84.2 cm³/mol. The summed E-state index contributed by atoms with van der Waals surface area (Å²) in [4.78, 5) is 24.7. The Morgan fingerprint density at radius 3 is 2.57 bits per heavy atom. The molecule has 5 nitrogen and oxygen atoms in total. The molecule has 21 heavy (non-hydrogen) atoms. The van der Waals surface area contributed by atoms with Crippen molar-refractivity contribution >= 4 is 29.0 Å². The summed E-state index contributed by atoms with van der Waals surface area (Å²) in [5.74, 6) is -0.216. The molecule has 0 spiro atoms. The van der Waals surface area contributed by atoms with Gasteiger partial charge in [0.1, 0.15) is 6.04 Å². The van der Waals surface area contributed by atoms with Crippen molar-refractivity contribution in [3.63, 3.8) is 0 Å². The van der Waals surface area contributed by atoms with Crippen LogP contribution in [0, 0.1) is 0 Å². The first kappa shape index (κ1) is 15.1. The number of carbonyl (C=O) groups excluding carboxylic acids is 2. The van der Waals surface area contributed by atoms with Gasteiger partial charge in [0, 0.05) is 10.6 Å². The molecule has 0 aliphatic carbocycles. The molecule has 1 aromatic carbocycles. The maximum atomic E-state index is 11.9. The van der Waals surface area contributed by atoms with E-state index in [1.807, 2.05) is 35.7 Å². The molecule has 0 aliphatic heterocycles. The van der Waals surface area contributed by atoms with Crippen LogP contribution in [0.2, 0.25) is 0 Å². The fourth-order valence-corrected chi connectivity index (χ4v) is 2.34. The minimum absolute atomic E-state index is 0.216. The molecule has 3 N–H and O–H groups in total. The van der Waals surface area contributed by atoms with Gasteiger partial charge in [-0.3, -0.25) is 4.79 Å².